The highest BCUT2D eigenvalue weighted by Gasteiger charge is 2.09. The molecule has 6 nitrogen and oxygen atoms in total. The van der Waals surface area contributed by atoms with E-state index in [9.17, 15) is 4.79 Å². The van der Waals surface area contributed by atoms with E-state index in [0.717, 1.165) is 9.92 Å². The van der Waals surface area contributed by atoms with Crippen molar-refractivity contribution in [1.29, 1.82) is 0 Å². The van der Waals surface area contributed by atoms with Gasteiger partial charge in [-0.15, -0.1) is 0 Å². The van der Waals surface area contributed by atoms with Crippen LogP contribution >= 0.6 is 11.8 Å². The molecule has 1 aromatic carbocycles. The molecule has 0 aliphatic heterocycles. The molecular weight excluding hydrogens is 262 g/mol. The van der Waals surface area contributed by atoms with Crippen LogP contribution in [0.1, 0.15) is 5.82 Å². The Kier molecular flexibility index (Phi) is 2.75. The minimum absolute atomic E-state index is 0.282. The van der Waals surface area contributed by atoms with E-state index < -0.39 is 0 Å². The van der Waals surface area contributed by atoms with Crippen molar-refractivity contribution in [2.24, 2.45) is 0 Å². The van der Waals surface area contributed by atoms with Crippen LogP contribution in [0, 0.1) is 6.92 Å². The van der Waals surface area contributed by atoms with Gasteiger partial charge in [-0.1, -0.05) is 23.9 Å². The Labute approximate surface area is 112 Å². The monoisotopic (exact) mass is 273 g/mol. The Balaban J connectivity index is 2.07. The highest BCUT2D eigenvalue weighted by molar-refractivity contribution is 7.99. The Morgan fingerprint density at radius 3 is 2.95 bits per heavy atom. The molecule has 0 atom stereocenters. The normalized spacial score (nSPS) is 11.0. The Hall–Kier alpha value is -2.28. The molecule has 7 heteroatoms. The summed E-state index contributed by atoms with van der Waals surface area (Å²) in [5.41, 5.74) is 6.87. The van der Waals surface area contributed by atoms with E-state index in [2.05, 4.69) is 15.2 Å². The molecule has 0 aliphatic rings. The molecule has 0 spiro atoms. The van der Waals surface area contributed by atoms with Gasteiger partial charge in [-0.3, -0.25) is 0 Å². The van der Waals surface area contributed by atoms with Gasteiger partial charge < -0.3 is 5.73 Å². The number of nitrogen functional groups attached to an aromatic ring is 1. The Bertz CT molecular complexity index is 807. The van der Waals surface area contributed by atoms with Crippen LogP contribution in [0.2, 0.25) is 0 Å². The summed E-state index contributed by atoms with van der Waals surface area (Å²) in [6.07, 6.45) is 0. The summed E-state index contributed by atoms with van der Waals surface area (Å²) < 4.78 is 1.43. The number of nitrogens with one attached hydrogen (secondary N) is 1. The summed E-state index contributed by atoms with van der Waals surface area (Å²) in [6, 6.07) is 9.32. The number of nitrogens with zero attached hydrogens (tertiary/aromatic N) is 3. The molecule has 96 valence electrons. The van der Waals surface area contributed by atoms with Crippen molar-refractivity contribution in [3.8, 4) is 0 Å². The number of fused-ring (bicyclic) bond motifs is 1. The van der Waals surface area contributed by atoms with Gasteiger partial charge in [0.15, 0.2) is 5.65 Å². The number of anilines is 1. The minimum atomic E-state index is -0.282. The highest BCUT2D eigenvalue weighted by atomic mass is 32.2. The van der Waals surface area contributed by atoms with Crippen molar-refractivity contribution in [2.75, 3.05) is 5.73 Å². The number of rotatable bonds is 2. The fourth-order valence-electron chi connectivity index (χ4n) is 1.81. The predicted octanol–water partition coefficient (Wildman–Crippen LogP) is 1.46. The van der Waals surface area contributed by atoms with Crippen molar-refractivity contribution < 1.29 is 0 Å². The zero-order valence-corrected chi connectivity index (χ0v) is 10.9. The van der Waals surface area contributed by atoms with Gasteiger partial charge >= 0.3 is 5.69 Å². The number of benzene rings is 1. The Morgan fingerprint density at radius 1 is 1.37 bits per heavy atom. The fraction of sp³-hybridized carbons (Fsp3) is 0.0833. The highest BCUT2D eigenvalue weighted by Crippen LogP contribution is 2.30. The zero-order valence-electron chi connectivity index (χ0n) is 10.1. The molecule has 2 heterocycles. The third-order valence-electron chi connectivity index (χ3n) is 2.68. The average molecular weight is 273 g/mol. The van der Waals surface area contributed by atoms with Crippen LogP contribution < -0.4 is 11.4 Å². The standard InChI is InChI=1S/C12H11N5OS/c1-7-14-11(6-10-15-16-12(18)17(7)10)19-9-5-3-2-4-8(9)13/h2-6H,13H2,1H3,(H,16,18). The molecule has 0 saturated heterocycles. The van der Waals surface area contributed by atoms with Crippen molar-refractivity contribution >= 4 is 23.1 Å². The number of aromatic nitrogens is 4. The molecule has 0 fully saturated rings. The number of H-pyrrole nitrogens is 1. The van der Waals surface area contributed by atoms with Gasteiger partial charge in [-0.05, 0) is 19.1 Å². The van der Waals surface area contributed by atoms with Gasteiger partial charge in [0, 0.05) is 16.6 Å². The summed E-state index contributed by atoms with van der Waals surface area (Å²) in [7, 11) is 0. The maximum absolute atomic E-state index is 11.5. The smallest absolute Gasteiger partial charge is 0.349 e. The first-order valence-electron chi connectivity index (χ1n) is 5.62. The second-order valence-corrected chi connectivity index (χ2v) is 5.07. The largest absolute Gasteiger partial charge is 0.398 e. The lowest BCUT2D eigenvalue weighted by Crippen LogP contribution is -2.13. The van der Waals surface area contributed by atoms with Crippen molar-refractivity contribution in [2.45, 2.75) is 16.8 Å². The van der Waals surface area contributed by atoms with Crippen molar-refractivity contribution in [1.82, 2.24) is 19.6 Å². The van der Waals surface area contributed by atoms with E-state index in [0.29, 0.717) is 17.2 Å². The summed E-state index contributed by atoms with van der Waals surface area (Å²) in [4.78, 5) is 16.8. The molecule has 19 heavy (non-hydrogen) atoms. The number of nitrogens with two attached hydrogens (primary N) is 1. The first-order valence-corrected chi connectivity index (χ1v) is 6.44. The van der Waals surface area contributed by atoms with E-state index in [1.165, 1.54) is 16.2 Å². The van der Waals surface area contributed by atoms with E-state index in [1.807, 2.05) is 24.3 Å². The van der Waals surface area contributed by atoms with Gasteiger partial charge in [0.25, 0.3) is 0 Å². The first kappa shape index (κ1) is 11.8. The zero-order chi connectivity index (χ0) is 13.4. The molecule has 2 aromatic heterocycles. The van der Waals surface area contributed by atoms with Crippen LogP contribution in [0.5, 0.6) is 0 Å². The number of para-hydroxylation sites is 1. The molecule has 3 N–H and O–H groups in total. The van der Waals surface area contributed by atoms with Crippen LogP contribution in [-0.2, 0) is 0 Å². The lowest BCUT2D eigenvalue weighted by Gasteiger charge is -2.05. The molecule has 0 radical (unpaired) electrons. The third-order valence-corrected chi connectivity index (χ3v) is 3.69. The summed E-state index contributed by atoms with van der Waals surface area (Å²) in [5.74, 6) is 0.591. The Morgan fingerprint density at radius 2 is 2.16 bits per heavy atom. The molecule has 0 bridgehead atoms. The third kappa shape index (κ3) is 2.08. The number of aromatic amines is 1. The lowest BCUT2D eigenvalue weighted by atomic mass is 10.3. The molecule has 3 rings (SSSR count). The lowest BCUT2D eigenvalue weighted by molar-refractivity contribution is 0.896. The van der Waals surface area contributed by atoms with Gasteiger partial charge in [0.2, 0.25) is 0 Å². The summed E-state index contributed by atoms with van der Waals surface area (Å²) >= 11 is 1.45. The quantitative estimate of drug-likeness (QED) is 0.545. The van der Waals surface area contributed by atoms with Crippen LogP contribution in [0.25, 0.3) is 5.65 Å². The van der Waals surface area contributed by atoms with Crippen molar-refractivity contribution in [3.63, 3.8) is 0 Å². The summed E-state index contributed by atoms with van der Waals surface area (Å²) in [5, 5.41) is 7.10. The van der Waals surface area contributed by atoms with E-state index in [1.54, 1.807) is 13.0 Å². The van der Waals surface area contributed by atoms with Crippen molar-refractivity contribution in [3.05, 3.63) is 46.6 Å². The summed E-state index contributed by atoms with van der Waals surface area (Å²) in [6.45, 7) is 1.77. The molecule has 0 amide bonds. The number of hydrogen-bond acceptors (Lipinski definition) is 5. The maximum atomic E-state index is 11.5. The molecule has 0 unspecified atom stereocenters. The van der Waals surface area contributed by atoms with Crippen LogP contribution in [0.4, 0.5) is 5.69 Å². The SMILES string of the molecule is Cc1nc(Sc2ccccc2N)cc2n[nH]c(=O)n12. The maximum Gasteiger partial charge on any atom is 0.349 e. The molecular formula is C12H11N5OS. The van der Waals surface area contributed by atoms with E-state index >= 15 is 0 Å². The van der Waals surface area contributed by atoms with Gasteiger partial charge in [0.1, 0.15) is 10.9 Å². The van der Waals surface area contributed by atoms with Crippen LogP contribution in [0.15, 0.2) is 45.0 Å². The van der Waals surface area contributed by atoms with Gasteiger partial charge in [-0.2, -0.15) is 5.10 Å². The molecule has 3 aromatic rings. The van der Waals surface area contributed by atoms with Gasteiger partial charge in [0.05, 0.1) is 0 Å². The van der Waals surface area contributed by atoms with E-state index in [-0.39, 0.29) is 5.69 Å². The number of hydrogen-bond donors (Lipinski definition) is 2. The van der Waals surface area contributed by atoms with E-state index in [4.69, 9.17) is 5.73 Å². The number of aryl methyl sites for hydroxylation is 1. The van der Waals surface area contributed by atoms with Crippen LogP contribution in [-0.4, -0.2) is 19.6 Å². The van der Waals surface area contributed by atoms with Crippen LogP contribution in [0.3, 0.4) is 0 Å². The second kappa shape index (κ2) is 4.43. The molecule has 0 aliphatic carbocycles. The minimum Gasteiger partial charge on any atom is -0.398 e. The predicted molar refractivity (Wildman–Crippen MR) is 73.3 cm³/mol. The average Bonchev–Trinajstić information content (AvgIpc) is 2.74. The van der Waals surface area contributed by atoms with Gasteiger partial charge in [-0.25, -0.2) is 19.3 Å². The fourth-order valence-corrected chi connectivity index (χ4v) is 2.71. The topological polar surface area (TPSA) is 89.1 Å². The molecule has 0 saturated carbocycles. The second-order valence-electron chi connectivity index (χ2n) is 4.00. The first-order chi connectivity index (χ1) is 9.15.